The minimum Gasteiger partial charge on any atom is -0.458 e. The van der Waals surface area contributed by atoms with E-state index in [1.807, 2.05) is 49.4 Å². The van der Waals surface area contributed by atoms with Crippen molar-refractivity contribution in [3.8, 4) is 5.75 Å². The molecule has 1 atom stereocenters. The molecule has 6 heteroatoms. The molecule has 0 saturated carbocycles. The molecule has 199 valence electrons. The van der Waals surface area contributed by atoms with Gasteiger partial charge in [0.1, 0.15) is 19.0 Å². The van der Waals surface area contributed by atoms with E-state index in [2.05, 4.69) is 39.8 Å². The summed E-state index contributed by atoms with van der Waals surface area (Å²) in [6.07, 6.45) is 9.61. The molecule has 0 bridgehead atoms. The zero-order valence-corrected chi connectivity index (χ0v) is 23.2. The second-order valence-corrected chi connectivity index (χ2v) is 10.1. The average molecular weight is 513 g/mol. The van der Waals surface area contributed by atoms with E-state index in [-0.39, 0.29) is 27.0 Å². The Kier molecular flexibility index (Phi) is 11.6. The largest absolute Gasteiger partial charge is 0.514 e. The van der Waals surface area contributed by atoms with Crippen LogP contribution in [0.15, 0.2) is 77.9 Å². The molecule has 5 nitrogen and oxygen atoms in total. The molecule has 0 aromatic heterocycles. The van der Waals surface area contributed by atoms with Gasteiger partial charge in [0.2, 0.25) is 0 Å². The van der Waals surface area contributed by atoms with Gasteiger partial charge in [-0.3, -0.25) is 0 Å². The van der Waals surface area contributed by atoms with Crippen LogP contribution < -0.4 is 4.74 Å². The number of carbonyl (C=O) groups excluding carboxylic acids is 2. The Morgan fingerprint density at radius 3 is 2.45 bits per heavy atom. The molecule has 2 aromatic rings. The molecule has 0 heterocycles. The third kappa shape index (κ3) is 8.79. The molecule has 1 aliphatic rings. The Morgan fingerprint density at radius 1 is 1.05 bits per heavy atom. The molecule has 0 saturated heterocycles. The molecule has 0 aliphatic heterocycles. The maximum atomic E-state index is 12.4. The minimum atomic E-state index is -0.807. The zero-order chi connectivity index (χ0) is 26.8. The highest BCUT2D eigenvalue weighted by Gasteiger charge is 2.33. The number of carbonyl (C=O) groups is 2. The van der Waals surface area contributed by atoms with Crippen LogP contribution >= 0.6 is 0 Å². The Hall–Kier alpha value is -3.54. The van der Waals surface area contributed by atoms with E-state index >= 15 is 0 Å². The van der Waals surface area contributed by atoms with Gasteiger partial charge in [0.25, 0.3) is 0 Å². The van der Waals surface area contributed by atoms with Crippen LogP contribution in [0.3, 0.4) is 0 Å². The second-order valence-electron chi connectivity index (χ2n) is 10.1. The van der Waals surface area contributed by atoms with Crippen molar-refractivity contribution in [2.75, 3.05) is 6.61 Å². The van der Waals surface area contributed by atoms with Crippen LogP contribution in [0.1, 0.15) is 63.6 Å². The van der Waals surface area contributed by atoms with Crippen LogP contribution in [-0.4, -0.2) is 27.1 Å². The average Bonchev–Trinajstić information content (AvgIpc) is 3.14. The van der Waals surface area contributed by atoms with Gasteiger partial charge < -0.3 is 14.2 Å². The second kappa shape index (κ2) is 14.4. The normalized spacial score (nSPS) is 16.5. The fourth-order valence-electron chi connectivity index (χ4n) is 4.30. The molecule has 0 fully saturated rings. The third-order valence-corrected chi connectivity index (χ3v) is 7.25. The van der Waals surface area contributed by atoms with E-state index in [9.17, 15) is 9.59 Å². The number of hydrogen-bond donors (Lipinski definition) is 0. The summed E-state index contributed by atoms with van der Waals surface area (Å²) in [4.78, 5) is 24.7. The molecule has 2 aromatic carbocycles. The SMILES string of the molecule is CC/C(=C\CC1CC=C(C)C1(C)C)COC(=O)/C=C/c1cc(C)ccc1OC(=O)OCc1ccccc1.[B]. The molecular weight excluding hydrogens is 475 g/mol. The van der Waals surface area contributed by atoms with Gasteiger partial charge in [0.15, 0.2) is 0 Å². The predicted molar refractivity (Wildman–Crippen MR) is 153 cm³/mol. The van der Waals surface area contributed by atoms with Gasteiger partial charge in [-0.1, -0.05) is 80.5 Å². The highest BCUT2D eigenvalue weighted by molar-refractivity contribution is 5.88. The van der Waals surface area contributed by atoms with Gasteiger partial charge in [-0.15, -0.1) is 0 Å². The summed E-state index contributed by atoms with van der Waals surface area (Å²) in [6.45, 7) is 11.2. The van der Waals surface area contributed by atoms with Crippen molar-refractivity contribution in [1.82, 2.24) is 0 Å². The first-order valence-electron chi connectivity index (χ1n) is 12.9. The maximum Gasteiger partial charge on any atom is 0.514 e. The van der Waals surface area contributed by atoms with Crippen molar-refractivity contribution in [3.63, 3.8) is 0 Å². The molecule has 0 spiro atoms. The number of rotatable bonds is 10. The van der Waals surface area contributed by atoms with Crippen LogP contribution in [0, 0.1) is 18.3 Å². The summed E-state index contributed by atoms with van der Waals surface area (Å²) in [7, 11) is 0. The van der Waals surface area contributed by atoms with Gasteiger partial charge in [0.05, 0.1) is 0 Å². The molecular formula is C32H38BO5. The lowest BCUT2D eigenvalue weighted by Crippen LogP contribution is -2.20. The Morgan fingerprint density at radius 2 is 1.79 bits per heavy atom. The maximum absolute atomic E-state index is 12.4. The highest BCUT2D eigenvalue weighted by Crippen LogP contribution is 2.44. The number of ether oxygens (including phenoxy) is 3. The van der Waals surface area contributed by atoms with E-state index in [0.717, 1.165) is 36.0 Å². The van der Waals surface area contributed by atoms with E-state index in [0.29, 0.717) is 17.2 Å². The summed E-state index contributed by atoms with van der Waals surface area (Å²) >= 11 is 0. The zero-order valence-electron chi connectivity index (χ0n) is 23.2. The fraction of sp³-hybridized carbons (Fsp3) is 0.375. The first-order chi connectivity index (χ1) is 17.7. The van der Waals surface area contributed by atoms with Crippen LogP contribution in [0.5, 0.6) is 5.75 Å². The standard InChI is InChI=1S/C32H38O5.B/c1-6-25(14-17-28-16-13-24(3)32(28,4)5)21-35-30(33)19-15-27-20-23(2)12-18-29(27)37-31(34)36-22-26-10-8-7-9-11-26;/h7-15,18-20,28H,6,16-17,21-22H2,1-5H3;/b19-15+,25-14+;. The number of hydrogen-bond acceptors (Lipinski definition) is 5. The van der Waals surface area contributed by atoms with E-state index in [1.54, 1.807) is 12.1 Å². The number of allylic oxidation sites excluding steroid dienone is 3. The highest BCUT2D eigenvalue weighted by atomic mass is 16.7. The fourth-order valence-corrected chi connectivity index (χ4v) is 4.30. The quantitative estimate of drug-likeness (QED) is 0.108. The molecule has 0 N–H and O–H groups in total. The topological polar surface area (TPSA) is 61.8 Å². The summed E-state index contributed by atoms with van der Waals surface area (Å²) in [6, 6.07) is 14.7. The van der Waals surface area contributed by atoms with Crippen LogP contribution in [0.4, 0.5) is 4.79 Å². The lowest BCUT2D eigenvalue weighted by atomic mass is 9.76. The summed E-state index contributed by atoms with van der Waals surface area (Å²) in [5.41, 5.74) is 5.19. The van der Waals surface area contributed by atoms with Crippen molar-refractivity contribution in [1.29, 1.82) is 0 Å². The number of benzene rings is 2. The molecule has 3 radical (unpaired) electrons. The summed E-state index contributed by atoms with van der Waals surface area (Å²) in [5, 5.41) is 0. The Labute approximate surface area is 229 Å². The van der Waals surface area contributed by atoms with Gasteiger partial charge in [-0.25, -0.2) is 9.59 Å². The van der Waals surface area contributed by atoms with Crippen molar-refractivity contribution >= 4 is 26.6 Å². The van der Waals surface area contributed by atoms with Crippen molar-refractivity contribution in [3.05, 3.63) is 94.6 Å². The lowest BCUT2D eigenvalue weighted by Gasteiger charge is -2.29. The molecule has 1 unspecified atom stereocenters. The Balaban J connectivity index is 0.00000507. The smallest absolute Gasteiger partial charge is 0.458 e. The first kappa shape index (κ1) is 30.7. The van der Waals surface area contributed by atoms with Crippen LogP contribution in [0.2, 0.25) is 0 Å². The van der Waals surface area contributed by atoms with E-state index in [4.69, 9.17) is 14.2 Å². The van der Waals surface area contributed by atoms with E-state index in [1.165, 1.54) is 11.6 Å². The molecule has 3 rings (SSSR count). The number of aryl methyl sites for hydroxylation is 1. The predicted octanol–water partition coefficient (Wildman–Crippen LogP) is 7.61. The summed E-state index contributed by atoms with van der Waals surface area (Å²) < 4.78 is 16.1. The summed E-state index contributed by atoms with van der Waals surface area (Å²) in [5.74, 6) is 0.436. The van der Waals surface area contributed by atoms with Gasteiger partial charge in [0, 0.05) is 20.1 Å². The minimum absolute atomic E-state index is 0. The van der Waals surface area contributed by atoms with Crippen molar-refractivity contribution in [2.45, 2.75) is 60.5 Å². The number of esters is 1. The molecule has 1 aliphatic carbocycles. The molecule has 38 heavy (non-hydrogen) atoms. The van der Waals surface area contributed by atoms with Crippen LogP contribution in [0.25, 0.3) is 6.08 Å². The monoisotopic (exact) mass is 513 g/mol. The third-order valence-electron chi connectivity index (χ3n) is 7.25. The Bertz CT molecular complexity index is 1180. The van der Waals surface area contributed by atoms with Gasteiger partial charge >= 0.3 is 12.1 Å². The molecule has 0 amide bonds. The van der Waals surface area contributed by atoms with Crippen LogP contribution in [-0.2, 0) is 20.9 Å². The van der Waals surface area contributed by atoms with Gasteiger partial charge in [-0.2, -0.15) is 0 Å². The van der Waals surface area contributed by atoms with Gasteiger partial charge in [-0.05, 0) is 73.8 Å². The first-order valence-corrected chi connectivity index (χ1v) is 12.9. The van der Waals surface area contributed by atoms with Crippen molar-refractivity contribution < 1.29 is 23.8 Å². The van der Waals surface area contributed by atoms with Crippen molar-refractivity contribution in [2.24, 2.45) is 11.3 Å². The van der Waals surface area contributed by atoms with E-state index < -0.39 is 12.1 Å². The lowest BCUT2D eigenvalue weighted by molar-refractivity contribution is -0.136.